The number of amides is 1. The molecule has 2 saturated heterocycles. The lowest BCUT2D eigenvalue weighted by Gasteiger charge is -2.47. The molecule has 2 heterocycles. The largest absolute Gasteiger partial charge is 0.346 e. The molecule has 2 atom stereocenters. The fourth-order valence-electron chi connectivity index (χ4n) is 4.08. The minimum absolute atomic E-state index is 0.0794. The van der Waals surface area contributed by atoms with Crippen LogP contribution in [0.5, 0.6) is 0 Å². The Hall–Kier alpha value is -1.92. The van der Waals surface area contributed by atoms with E-state index in [2.05, 4.69) is 17.3 Å². The maximum Gasteiger partial charge on any atom is 0.292 e. The Labute approximate surface area is 143 Å². The van der Waals surface area contributed by atoms with Gasteiger partial charge in [-0.05, 0) is 44.9 Å². The Morgan fingerprint density at radius 1 is 1.21 bits per heavy atom. The van der Waals surface area contributed by atoms with E-state index in [1.807, 2.05) is 0 Å². The molecule has 1 aromatic carbocycles. The molecule has 2 unspecified atom stereocenters. The summed E-state index contributed by atoms with van der Waals surface area (Å²) in [4.78, 5) is 27.4. The number of carbonyl (C=O) groups excluding carboxylic acids is 2. The fraction of sp³-hybridized carbons (Fsp3) is 0.556. The number of para-hydroxylation sites is 1. The first-order valence-electron chi connectivity index (χ1n) is 8.62. The van der Waals surface area contributed by atoms with Gasteiger partial charge < -0.3 is 15.2 Å². The van der Waals surface area contributed by atoms with Gasteiger partial charge >= 0.3 is 0 Å². The van der Waals surface area contributed by atoms with Gasteiger partial charge in [-0.25, -0.2) is 5.84 Å². The van der Waals surface area contributed by atoms with Crippen LogP contribution in [0.1, 0.15) is 42.5 Å². The molecule has 6 heteroatoms. The molecule has 0 aliphatic carbocycles. The monoisotopic (exact) mass is 330 g/mol. The van der Waals surface area contributed by atoms with Crippen molar-refractivity contribution in [3.05, 3.63) is 29.8 Å². The topological polar surface area (TPSA) is 78.7 Å². The number of hydrazine groups is 1. The quantitative estimate of drug-likeness (QED) is 0.377. The van der Waals surface area contributed by atoms with Gasteiger partial charge in [0.2, 0.25) is 0 Å². The van der Waals surface area contributed by atoms with Crippen molar-refractivity contribution in [2.45, 2.75) is 50.2 Å². The second-order valence-electron chi connectivity index (χ2n) is 7.00. The summed E-state index contributed by atoms with van der Waals surface area (Å²) in [6, 6.07) is 8.03. The molecule has 24 heavy (non-hydrogen) atoms. The first-order valence-corrected chi connectivity index (χ1v) is 8.62. The van der Waals surface area contributed by atoms with Gasteiger partial charge in [0, 0.05) is 25.2 Å². The summed E-state index contributed by atoms with van der Waals surface area (Å²) < 4.78 is 0. The van der Waals surface area contributed by atoms with E-state index in [0.29, 0.717) is 23.3 Å². The van der Waals surface area contributed by atoms with Crippen LogP contribution < -0.4 is 16.2 Å². The van der Waals surface area contributed by atoms with Crippen LogP contribution >= 0.6 is 0 Å². The van der Waals surface area contributed by atoms with Gasteiger partial charge in [0.1, 0.15) is 0 Å². The first kappa shape index (κ1) is 16.9. The molecule has 0 spiro atoms. The number of nitrogens with zero attached hydrogens (tertiary/aromatic N) is 2. The van der Waals surface area contributed by atoms with Crippen molar-refractivity contribution in [3.8, 4) is 0 Å². The molecule has 2 fully saturated rings. The van der Waals surface area contributed by atoms with Crippen molar-refractivity contribution in [2.24, 2.45) is 5.84 Å². The number of anilines is 1. The highest BCUT2D eigenvalue weighted by atomic mass is 16.2. The molecule has 0 saturated carbocycles. The van der Waals surface area contributed by atoms with Gasteiger partial charge in [0.15, 0.2) is 0 Å². The molecular weight excluding hydrogens is 304 g/mol. The lowest BCUT2D eigenvalue weighted by molar-refractivity contribution is -0.118. The Balaban J connectivity index is 1.68. The van der Waals surface area contributed by atoms with Crippen molar-refractivity contribution in [2.75, 3.05) is 19.1 Å². The fourth-order valence-corrected chi connectivity index (χ4v) is 4.08. The van der Waals surface area contributed by atoms with Crippen molar-refractivity contribution in [3.63, 3.8) is 0 Å². The number of rotatable bonds is 4. The number of ketones is 1. The van der Waals surface area contributed by atoms with E-state index in [4.69, 9.17) is 5.84 Å². The summed E-state index contributed by atoms with van der Waals surface area (Å²) >= 11 is 0. The SMILES string of the molecule is CN(N)c1ccccc1C(=O)C(=O)NC1CC2CCCC(C1)N2C. The van der Waals surface area contributed by atoms with Gasteiger partial charge in [-0.1, -0.05) is 18.6 Å². The molecule has 6 nitrogen and oxygen atoms in total. The summed E-state index contributed by atoms with van der Waals surface area (Å²) in [6.45, 7) is 0. The number of benzene rings is 1. The Morgan fingerprint density at radius 3 is 2.46 bits per heavy atom. The molecule has 1 amide bonds. The van der Waals surface area contributed by atoms with Gasteiger partial charge in [0.05, 0.1) is 11.3 Å². The van der Waals surface area contributed by atoms with Crippen molar-refractivity contribution < 1.29 is 9.59 Å². The highest BCUT2D eigenvalue weighted by Crippen LogP contribution is 2.32. The van der Waals surface area contributed by atoms with Gasteiger partial charge in [-0.2, -0.15) is 0 Å². The molecule has 0 aromatic heterocycles. The lowest BCUT2D eigenvalue weighted by atomic mass is 9.82. The van der Waals surface area contributed by atoms with E-state index in [9.17, 15) is 9.59 Å². The van der Waals surface area contributed by atoms with Crippen LogP contribution in [0.4, 0.5) is 5.69 Å². The zero-order valence-corrected chi connectivity index (χ0v) is 14.4. The standard InChI is InChI=1S/C18H26N4O2/c1-21-13-6-5-7-14(21)11-12(10-13)20-18(24)17(23)15-8-3-4-9-16(15)22(2)19/h3-4,8-9,12-14H,5-7,10-11,19H2,1-2H3,(H,20,24). The minimum Gasteiger partial charge on any atom is -0.346 e. The van der Waals surface area contributed by atoms with Crippen molar-refractivity contribution >= 4 is 17.4 Å². The Kier molecular flexibility index (Phi) is 4.87. The number of hydrogen-bond donors (Lipinski definition) is 2. The van der Waals surface area contributed by atoms with Crippen LogP contribution in [0.2, 0.25) is 0 Å². The number of piperidine rings is 2. The molecule has 3 rings (SSSR count). The van der Waals surface area contributed by atoms with Gasteiger partial charge in [-0.3, -0.25) is 9.59 Å². The van der Waals surface area contributed by atoms with E-state index in [-0.39, 0.29) is 6.04 Å². The summed E-state index contributed by atoms with van der Waals surface area (Å²) in [5.41, 5.74) is 0.894. The van der Waals surface area contributed by atoms with Crippen LogP contribution in [0.15, 0.2) is 24.3 Å². The molecular formula is C18H26N4O2. The second kappa shape index (κ2) is 6.91. The van der Waals surface area contributed by atoms with Crippen LogP contribution in [0.3, 0.4) is 0 Å². The van der Waals surface area contributed by atoms with Crippen molar-refractivity contribution in [1.82, 2.24) is 10.2 Å². The zero-order chi connectivity index (χ0) is 17.3. The summed E-state index contributed by atoms with van der Waals surface area (Å²) in [5, 5.41) is 4.32. The van der Waals surface area contributed by atoms with Gasteiger partial charge in [-0.15, -0.1) is 0 Å². The molecule has 130 valence electrons. The van der Waals surface area contributed by atoms with Crippen LogP contribution in [0.25, 0.3) is 0 Å². The minimum atomic E-state index is -0.531. The maximum atomic E-state index is 12.5. The first-order chi connectivity index (χ1) is 11.5. The third-order valence-electron chi connectivity index (χ3n) is 5.41. The van der Waals surface area contributed by atoms with E-state index < -0.39 is 11.7 Å². The Morgan fingerprint density at radius 2 is 1.83 bits per heavy atom. The lowest BCUT2D eigenvalue weighted by Crippen LogP contribution is -2.56. The molecule has 3 N–H and O–H groups in total. The summed E-state index contributed by atoms with van der Waals surface area (Å²) in [7, 11) is 3.83. The average Bonchev–Trinajstić information content (AvgIpc) is 2.55. The highest BCUT2D eigenvalue weighted by Gasteiger charge is 2.37. The normalized spacial score (nSPS) is 26.7. The molecule has 2 aliphatic heterocycles. The molecule has 0 radical (unpaired) electrons. The van der Waals surface area contributed by atoms with Crippen LogP contribution in [-0.2, 0) is 4.79 Å². The van der Waals surface area contributed by atoms with Crippen molar-refractivity contribution in [1.29, 1.82) is 0 Å². The summed E-state index contributed by atoms with van der Waals surface area (Å²) in [6.07, 6.45) is 5.45. The average molecular weight is 330 g/mol. The highest BCUT2D eigenvalue weighted by molar-refractivity contribution is 6.44. The summed E-state index contributed by atoms with van der Waals surface area (Å²) in [5.74, 6) is 4.71. The number of fused-ring (bicyclic) bond motifs is 2. The number of carbonyl (C=O) groups is 2. The van der Waals surface area contributed by atoms with E-state index in [0.717, 1.165) is 12.8 Å². The molecule has 2 aliphatic rings. The van der Waals surface area contributed by atoms with E-state index >= 15 is 0 Å². The third kappa shape index (κ3) is 3.30. The smallest absolute Gasteiger partial charge is 0.292 e. The van der Waals surface area contributed by atoms with Crippen LogP contribution in [-0.4, -0.2) is 48.8 Å². The number of hydrogen-bond acceptors (Lipinski definition) is 5. The van der Waals surface area contributed by atoms with E-state index in [1.165, 1.54) is 24.3 Å². The maximum absolute atomic E-state index is 12.5. The second-order valence-corrected chi connectivity index (χ2v) is 7.00. The van der Waals surface area contributed by atoms with E-state index in [1.54, 1.807) is 31.3 Å². The number of nitrogens with two attached hydrogens (primary N) is 1. The number of nitrogens with one attached hydrogen (secondary N) is 1. The number of Topliss-reactive ketones (excluding diaryl/α,β-unsaturated/α-hetero) is 1. The molecule has 1 aromatic rings. The van der Waals surface area contributed by atoms with Gasteiger partial charge in [0.25, 0.3) is 11.7 Å². The van der Waals surface area contributed by atoms with Crippen LogP contribution in [0, 0.1) is 0 Å². The Bertz CT molecular complexity index is 617. The molecule has 2 bridgehead atoms. The predicted molar refractivity (Wildman–Crippen MR) is 93.7 cm³/mol. The zero-order valence-electron chi connectivity index (χ0n) is 14.4. The third-order valence-corrected chi connectivity index (χ3v) is 5.41. The predicted octanol–water partition coefficient (Wildman–Crippen LogP) is 1.31.